The van der Waals surface area contributed by atoms with Crippen LogP contribution in [0.4, 0.5) is 0 Å². The summed E-state index contributed by atoms with van der Waals surface area (Å²) in [4.78, 5) is 25.4. The van der Waals surface area contributed by atoms with Gasteiger partial charge in [0.2, 0.25) is 10.0 Å². The average molecular weight is 380 g/mol. The first-order valence-corrected chi connectivity index (χ1v) is 10.5. The molecule has 0 spiro atoms. The molecule has 0 aliphatic carbocycles. The summed E-state index contributed by atoms with van der Waals surface area (Å²) in [6, 6.07) is 10.8. The summed E-state index contributed by atoms with van der Waals surface area (Å²) in [5.41, 5.74) is 1.43. The highest BCUT2D eigenvalue weighted by atomic mass is 32.2. The summed E-state index contributed by atoms with van der Waals surface area (Å²) >= 11 is 1.44. The van der Waals surface area contributed by atoms with Crippen LogP contribution in [-0.4, -0.2) is 39.5 Å². The minimum atomic E-state index is -3.25. The number of nitrogens with one attached hydrogen (secondary N) is 2. The Morgan fingerprint density at radius 3 is 2.32 bits per heavy atom. The molecule has 2 aromatic rings. The van der Waals surface area contributed by atoms with Gasteiger partial charge in [-0.15, -0.1) is 11.3 Å². The van der Waals surface area contributed by atoms with Crippen LogP contribution in [0.3, 0.4) is 0 Å². The Kier molecular flexibility index (Phi) is 6.46. The SMILES string of the molecule is CCC(=O)c1ccc(-c2ccc(C(=O)NCCNS(C)(=O)=O)cc2)s1. The standard InChI is InChI=1S/C17H20N2O4S2/c1-3-14(20)16-9-8-15(24-16)12-4-6-13(7-5-12)17(21)18-10-11-19-25(2,22)23/h4-9,19H,3,10-11H2,1-2H3,(H,18,21). The van der Waals surface area contributed by atoms with Gasteiger partial charge in [0.05, 0.1) is 11.1 Å². The molecule has 134 valence electrons. The second kappa shape index (κ2) is 8.37. The highest BCUT2D eigenvalue weighted by Gasteiger charge is 2.10. The monoisotopic (exact) mass is 380 g/mol. The lowest BCUT2D eigenvalue weighted by molar-refractivity contribution is 0.0952. The van der Waals surface area contributed by atoms with E-state index in [1.54, 1.807) is 12.1 Å². The van der Waals surface area contributed by atoms with Gasteiger partial charge in [-0.25, -0.2) is 13.1 Å². The average Bonchev–Trinajstić information content (AvgIpc) is 3.07. The van der Waals surface area contributed by atoms with E-state index in [1.165, 1.54) is 11.3 Å². The Morgan fingerprint density at radius 2 is 1.72 bits per heavy atom. The molecule has 0 saturated heterocycles. The van der Waals surface area contributed by atoms with E-state index in [4.69, 9.17) is 0 Å². The first-order chi connectivity index (χ1) is 11.8. The van der Waals surface area contributed by atoms with Crippen molar-refractivity contribution in [2.75, 3.05) is 19.3 Å². The molecule has 0 saturated carbocycles. The van der Waals surface area contributed by atoms with E-state index in [1.807, 2.05) is 31.2 Å². The molecule has 0 fully saturated rings. The van der Waals surface area contributed by atoms with E-state index in [9.17, 15) is 18.0 Å². The Labute approximate surface area is 151 Å². The molecule has 25 heavy (non-hydrogen) atoms. The van der Waals surface area contributed by atoms with Crippen LogP contribution in [0, 0.1) is 0 Å². The highest BCUT2D eigenvalue weighted by Crippen LogP contribution is 2.29. The van der Waals surface area contributed by atoms with E-state index in [-0.39, 0.29) is 24.8 Å². The molecular formula is C17H20N2O4S2. The molecule has 0 atom stereocenters. The van der Waals surface area contributed by atoms with Gasteiger partial charge in [-0.3, -0.25) is 9.59 Å². The number of ketones is 1. The summed E-state index contributed by atoms with van der Waals surface area (Å²) < 4.78 is 24.2. The maximum atomic E-state index is 12.0. The van der Waals surface area contributed by atoms with Crippen molar-refractivity contribution in [3.05, 3.63) is 46.8 Å². The Bertz CT molecular complexity index is 855. The van der Waals surface area contributed by atoms with E-state index in [2.05, 4.69) is 10.0 Å². The van der Waals surface area contributed by atoms with Gasteiger partial charge in [-0.1, -0.05) is 19.1 Å². The number of hydrogen-bond acceptors (Lipinski definition) is 5. The first kappa shape index (κ1) is 19.3. The van der Waals surface area contributed by atoms with Gasteiger partial charge < -0.3 is 5.32 Å². The molecule has 0 aliphatic heterocycles. The van der Waals surface area contributed by atoms with E-state index in [0.29, 0.717) is 12.0 Å². The summed E-state index contributed by atoms with van der Waals surface area (Å²) in [5, 5.41) is 2.65. The maximum Gasteiger partial charge on any atom is 0.251 e. The fourth-order valence-electron chi connectivity index (χ4n) is 2.12. The lowest BCUT2D eigenvalue weighted by Gasteiger charge is -2.06. The van der Waals surface area contributed by atoms with Crippen LogP contribution >= 0.6 is 11.3 Å². The van der Waals surface area contributed by atoms with Gasteiger partial charge in [0, 0.05) is 30.0 Å². The van der Waals surface area contributed by atoms with Crippen LogP contribution in [0.2, 0.25) is 0 Å². The van der Waals surface area contributed by atoms with Crippen LogP contribution in [0.1, 0.15) is 33.4 Å². The van der Waals surface area contributed by atoms with Crippen LogP contribution < -0.4 is 10.0 Å². The predicted molar refractivity (Wildman–Crippen MR) is 99.6 cm³/mol. The maximum absolute atomic E-state index is 12.0. The third-order valence-corrected chi connectivity index (χ3v) is 5.31. The molecule has 0 aliphatic rings. The topological polar surface area (TPSA) is 92.3 Å². The summed E-state index contributed by atoms with van der Waals surface area (Å²) in [7, 11) is -3.25. The van der Waals surface area contributed by atoms with Gasteiger partial charge in [-0.2, -0.15) is 0 Å². The largest absolute Gasteiger partial charge is 0.351 e. The molecule has 0 unspecified atom stereocenters. The molecular weight excluding hydrogens is 360 g/mol. The number of amides is 1. The third-order valence-electron chi connectivity index (χ3n) is 3.41. The van der Waals surface area contributed by atoms with Crippen molar-refractivity contribution in [1.29, 1.82) is 0 Å². The molecule has 1 aromatic carbocycles. The van der Waals surface area contributed by atoms with Crippen LogP contribution in [0.25, 0.3) is 10.4 Å². The van der Waals surface area contributed by atoms with E-state index < -0.39 is 10.0 Å². The molecule has 0 bridgehead atoms. The number of thiophene rings is 1. The van der Waals surface area contributed by atoms with E-state index >= 15 is 0 Å². The number of sulfonamides is 1. The van der Waals surface area contributed by atoms with Crippen molar-refractivity contribution in [1.82, 2.24) is 10.0 Å². The highest BCUT2D eigenvalue weighted by molar-refractivity contribution is 7.88. The van der Waals surface area contributed by atoms with Gasteiger partial charge in [0.15, 0.2) is 5.78 Å². The molecule has 1 amide bonds. The molecule has 1 heterocycles. The lowest BCUT2D eigenvalue weighted by atomic mass is 10.1. The molecule has 2 N–H and O–H groups in total. The second-order valence-corrected chi connectivity index (χ2v) is 8.36. The zero-order valence-corrected chi connectivity index (χ0v) is 15.7. The number of rotatable bonds is 8. The lowest BCUT2D eigenvalue weighted by Crippen LogP contribution is -2.34. The number of carbonyl (C=O) groups is 2. The first-order valence-electron chi connectivity index (χ1n) is 7.76. The van der Waals surface area contributed by atoms with Crippen molar-refractivity contribution in [3.8, 4) is 10.4 Å². The van der Waals surface area contributed by atoms with Gasteiger partial charge in [0.25, 0.3) is 5.91 Å². The van der Waals surface area contributed by atoms with Crippen LogP contribution in [-0.2, 0) is 10.0 Å². The minimum Gasteiger partial charge on any atom is -0.351 e. The fraction of sp³-hybridized carbons (Fsp3) is 0.294. The Morgan fingerprint density at radius 1 is 1.04 bits per heavy atom. The summed E-state index contributed by atoms with van der Waals surface area (Å²) in [6.07, 6.45) is 1.55. The van der Waals surface area contributed by atoms with Crippen molar-refractivity contribution < 1.29 is 18.0 Å². The number of carbonyl (C=O) groups excluding carboxylic acids is 2. The summed E-state index contributed by atoms with van der Waals surface area (Å²) in [5.74, 6) is -0.148. The van der Waals surface area contributed by atoms with Crippen LogP contribution in [0.15, 0.2) is 36.4 Å². The third kappa shape index (κ3) is 5.77. The summed E-state index contributed by atoms with van der Waals surface area (Å²) in [6.45, 7) is 2.19. The fourth-order valence-corrected chi connectivity index (χ4v) is 3.61. The normalized spacial score (nSPS) is 11.3. The number of hydrogen-bond donors (Lipinski definition) is 2. The van der Waals surface area contributed by atoms with Gasteiger partial charge in [-0.05, 0) is 29.8 Å². The zero-order valence-electron chi connectivity index (χ0n) is 14.0. The predicted octanol–water partition coefficient (Wildman–Crippen LogP) is 2.29. The van der Waals surface area contributed by atoms with Crippen molar-refractivity contribution >= 4 is 33.1 Å². The quantitative estimate of drug-likeness (QED) is 0.543. The van der Waals surface area contributed by atoms with Gasteiger partial charge >= 0.3 is 0 Å². The smallest absolute Gasteiger partial charge is 0.251 e. The molecule has 2 rings (SSSR count). The zero-order chi connectivity index (χ0) is 18.4. The van der Waals surface area contributed by atoms with Crippen molar-refractivity contribution in [3.63, 3.8) is 0 Å². The van der Waals surface area contributed by atoms with Crippen molar-refractivity contribution in [2.45, 2.75) is 13.3 Å². The molecule has 1 aromatic heterocycles. The molecule has 0 radical (unpaired) electrons. The van der Waals surface area contributed by atoms with E-state index in [0.717, 1.165) is 21.6 Å². The molecule has 8 heteroatoms. The molecule has 6 nitrogen and oxygen atoms in total. The Hall–Kier alpha value is -2.03. The van der Waals surface area contributed by atoms with Crippen LogP contribution in [0.5, 0.6) is 0 Å². The number of benzene rings is 1. The second-order valence-electron chi connectivity index (χ2n) is 5.44. The number of Topliss-reactive ketones (excluding diaryl/α,β-unsaturated/α-hetero) is 1. The van der Waals surface area contributed by atoms with Crippen molar-refractivity contribution in [2.24, 2.45) is 0 Å². The van der Waals surface area contributed by atoms with Gasteiger partial charge in [0.1, 0.15) is 0 Å². The Balaban J connectivity index is 1.96. The minimum absolute atomic E-state index is 0.120.